The number of carbonyl (C=O) groups excluding carboxylic acids is 1. The summed E-state index contributed by atoms with van der Waals surface area (Å²) in [6.07, 6.45) is 5.28. The smallest absolute Gasteiger partial charge is 0.251 e. The van der Waals surface area contributed by atoms with E-state index < -0.39 is 0 Å². The molecule has 0 saturated heterocycles. The van der Waals surface area contributed by atoms with E-state index in [0.717, 1.165) is 22.9 Å². The standard InChI is InChI=1S/C21H28N2O3S/c1-15-5-3-4-6-20(15)25-12-11-22-21(24)17-7-9-19(10-8-17)26-13-18-14-27-16(2)23-18/h7-10,14-15,20H,3-6,11-13H2,1-2H3,(H,22,24). The van der Waals surface area contributed by atoms with Crippen molar-refractivity contribution in [2.24, 2.45) is 5.92 Å². The Morgan fingerprint density at radius 2 is 2.04 bits per heavy atom. The second-order valence-corrected chi connectivity index (χ2v) is 8.16. The van der Waals surface area contributed by atoms with E-state index in [0.29, 0.717) is 37.3 Å². The highest BCUT2D eigenvalue weighted by Crippen LogP contribution is 2.26. The molecule has 5 nitrogen and oxygen atoms in total. The Morgan fingerprint density at radius 3 is 2.74 bits per heavy atom. The molecule has 1 amide bonds. The van der Waals surface area contributed by atoms with E-state index in [4.69, 9.17) is 9.47 Å². The van der Waals surface area contributed by atoms with E-state index in [1.807, 2.05) is 24.4 Å². The average molecular weight is 389 g/mol. The van der Waals surface area contributed by atoms with Crippen molar-refractivity contribution in [2.45, 2.75) is 52.2 Å². The molecule has 1 heterocycles. The largest absolute Gasteiger partial charge is 0.487 e. The highest BCUT2D eigenvalue weighted by Gasteiger charge is 2.21. The molecular weight excluding hydrogens is 360 g/mol. The van der Waals surface area contributed by atoms with Crippen LogP contribution in [-0.4, -0.2) is 30.1 Å². The van der Waals surface area contributed by atoms with Crippen molar-refractivity contribution in [1.82, 2.24) is 10.3 Å². The van der Waals surface area contributed by atoms with Crippen LogP contribution in [0, 0.1) is 12.8 Å². The van der Waals surface area contributed by atoms with Crippen molar-refractivity contribution in [2.75, 3.05) is 13.2 Å². The predicted molar refractivity (Wildman–Crippen MR) is 107 cm³/mol. The summed E-state index contributed by atoms with van der Waals surface area (Å²) in [4.78, 5) is 16.6. The summed E-state index contributed by atoms with van der Waals surface area (Å²) < 4.78 is 11.6. The van der Waals surface area contributed by atoms with Gasteiger partial charge in [-0.2, -0.15) is 0 Å². The molecule has 1 N–H and O–H groups in total. The van der Waals surface area contributed by atoms with E-state index in [9.17, 15) is 4.79 Å². The van der Waals surface area contributed by atoms with Crippen LogP contribution in [0.3, 0.4) is 0 Å². The van der Waals surface area contributed by atoms with E-state index >= 15 is 0 Å². The van der Waals surface area contributed by atoms with Gasteiger partial charge >= 0.3 is 0 Å². The molecule has 1 aromatic heterocycles. The first-order valence-corrected chi connectivity index (χ1v) is 10.5. The third kappa shape index (κ3) is 6.04. The highest BCUT2D eigenvalue weighted by atomic mass is 32.1. The minimum atomic E-state index is -0.0861. The number of nitrogens with one attached hydrogen (secondary N) is 1. The molecule has 3 rings (SSSR count). The number of carbonyl (C=O) groups is 1. The Balaban J connectivity index is 1.38. The molecule has 2 atom stereocenters. The fraction of sp³-hybridized carbons (Fsp3) is 0.524. The van der Waals surface area contributed by atoms with Crippen molar-refractivity contribution in [1.29, 1.82) is 0 Å². The zero-order chi connectivity index (χ0) is 19.1. The minimum Gasteiger partial charge on any atom is -0.487 e. The maximum Gasteiger partial charge on any atom is 0.251 e. The Labute approximate surface area is 165 Å². The van der Waals surface area contributed by atoms with Gasteiger partial charge in [-0.1, -0.05) is 19.8 Å². The van der Waals surface area contributed by atoms with Gasteiger partial charge in [-0.15, -0.1) is 11.3 Å². The first kappa shape index (κ1) is 19.8. The summed E-state index contributed by atoms with van der Waals surface area (Å²) >= 11 is 1.61. The molecule has 1 aliphatic carbocycles. The third-order valence-corrected chi connectivity index (χ3v) is 5.74. The van der Waals surface area contributed by atoms with Crippen LogP contribution in [0.1, 0.15) is 53.7 Å². The molecule has 1 aliphatic rings. The SMILES string of the molecule is Cc1nc(COc2ccc(C(=O)NCCOC3CCCCC3C)cc2)cs1. The zero-order valence-corrected chi connectivity index (χ0v) is 16.9. The number of ether oxygens (including phenoxy) is 2. The lowest BCUT2D eigenvalue weighted by molar-refractivity contribution is -0.00293. The number of aryl methyl sites for hydroxylation is 1. The fourth-order valence-electron chi connectivity index (χ4n) is 3.34. The molecule has 1 fully saturated rings. The number of rotatable bonds is 8. The first-order chi connectivity index (χ1) is 13.1. The van der Waals surface area contributed by atoms with E-state index in [-0.39, 0.29) is 5.91 Å². The normalized spacial score (nSPS) is 19.6. The van der Waals surface area contributed by atoms with Gasteiger partial charge in [-0.05, 0) is 49.9 Å². The van der Waals surface area contributed by atoms with Crippen LogP contribution in [-0.2, 0) is 11.3 Å². The van der Waals surface area contributed by atoms with Crippen molar-refractivity contribution in [3.63, 3.8) is 0 Å². The van der Waals surface area contributed by atoms with Crippen molar-refractivity contribution in [3.05, 3.63) is 45.9 Å². The molecule has 0 spiro atoms. The fourth-order valence-corrected chi connectivity index (χ4v) is 3.94. The van der Waals surface area contributed by atoms with Gasteiger partial charge in [-0.3, -0.25) is 4.79 Å². The molecule has 2 unspecified atom stereocenters. The second-order valence-electron chi connectivity index (χ2n) is 7.10. The molecule has 2 aromatic rings. The molecule has 0 aliphatic heterocycles. The van der Waals surface area contributed by atoms with Gasteiger partial charge in [0.05, 0.1) is 23.4 Å². The van der Waals surface area contributed by atoms with Gasteiger partial charge in [-0.25, -0.2) is 4.98 Å². The van der Waals surface area contributed by atoms with Crippen molar-refractivity contribution >= 4 is 17.2 Å². The minimum absolute atomic E-state index is 0.0861. The number of nitrogens with zero attached hydrogens (tertiary/aromatic N) is 1. The number of amides is 1. The van der Waals surface area contributed by atoms with E-state index in [1.165, 1.54) is 19.3 Å². The quantitative estimate of drug-likeness (QED) is 0.683. The van der Waals surface area contributed by atoms with E-state index in [2.05, 4.69) is 17.2 Å². The van der Waals surface area contributed by atoms with E-state index in [1.54, 1.807) is 23.5 Å². The van der Waals surface area contributed by atoms with Gasteiger partial charge in [0.15, 0.2) is 0 Å². The highest BCUT2D eigenvalue weighted by molar-refractivity contribution is 7.09. The van der Waals surface area contributed by atoms with Crippen LogP contribution in [0.4, 0.5) is 0 Å². The second kappa shape index (κ2) is 9.85. The van der Waals surface area contributed by atoms with Crippen LogP contribution < -0.4 is 10.1 Å². The maximum atomic E-state index is 12.2. The Hall–Kier alpha value is -1.92. The molecule has 146 valence electrons. The molecular formula is C21H28N2O3S. The monoisotopic (exact) mass is 388 g/mol. The summed E-state index contributed by atoms with van der Waals surface area (Å²) in [6.45, 7) is 5.76. The van der Waals surface area contributed by atoms with Crippen LogP contribution in [0.2, 0.25) is 0 Å². The van der Waals surface area contributed by atoms with Crippen LogP contribution >= 0.6 is 11.3 Å². The van der Waals surface area contributed by atoms with Gasteiger partial charge in [0.2, 0.25) is 0 Å². The van der Waals surface area contributed by atoms with Crippen LogP contribution in [0.25, 0.3) is 0 Å². The first-order valence-electron chi connectivity index (χ1n) is 9.65. The molecule has 1 saturated carbocycles. The summed E-state index contributed by atoms with van der Waals surface area (Å²) in [5.74, 6) is 1.26. The molecule has 27 heavy (non-hydrogen) atoms. The lowest BCUT2D eigenvalue weighted by Gasteiger charge is -2.28. The molecule has 0 radical (unpaired) electrons. The van der Waals surface area contributed by atoms with Gasteiger partial charge in [0.25, 0.3) is 5.91 Å². The Morgan fingerprint density at radius 1 is 1.26 bits per heavy atom. The number of aromatic nitrogens is 1. The molecule has 0 bridgehead atoms. The lowest BCUT2D eigenvalue weighted by Crippen LogP contribution is -2.31. The topological polar surface area (TPSA) is 60.5 Å². The van der Waals surface area contributed by atoms with Crippen molar-refractivity contribution in [3.8, 4) is 5.75 Å². The third-order valence-electron chi connectivity index (χ3n) is 4.92. The molecule has 6 heteroatoms. The number of hydrogen-bond acceptors (Lipinski definition) is 5. The van der Waals surface area contributed by atoms with Gasteiger partial charge in [0.1, 0.15) is 12.4 Å². The van der Waals surface area contributed by atoms with Gasteiger partial charge < -0.3 is 14.8 Å². The maximum absolute atomic E-state index is 12.2. The Bertz CT molecular complexity index is 729. The summed E-state index contributed by atoms with van der Waals surface area (Å²) in [5, 5.41) is 5.94. The summed E-state index contributed by atoms with van der Waals surface area (Å²) in [5.41, 5.74) is 1.55. The van der Waals surface area contributed by atoms with Crippen molar-refractivity contribution < 1.29 is 14.3 Å². The molecule has 1 aromatic carbocycles. The number of hydrogen-bond donors (Lipinski definition) is 1. The number of benzene rings is 1. The Kier molecular flexibility index (Phi) is 7.24. The lowest BCUT2D eigenvalue weighted by atomic mass is 9.88. The van der Waals surface area contributed by atoms with Crippen LogP contribution in [0.5, 0.6) is 5.75 Å². The zero-order valence-electron chi connectivity index (χ0n) is 16.1. The number of thiazole rings is 1. The summed E-state index contributed by atoms with van der Waals surface area (Å²) in [6, 6.07) is 7.19. The summed E-state index contributed by atoms with van der Waals surface area (Å²) in [7, 11) is 0. The van der Waals surface area contributed by atoms with Gasteiger partial charge in [0, 0.05) is 17.5 Å². The predicted octanol–water partition coefficient (Wildman–Crippen LogP) is 4.36. The van der Waals surface area contributed by atoms with Crippen LogP contribution in [0.15, 0.2) is 29.6 Å². The average Bonchev–Trinajstić information content (AvgIpc) is 3.10.